The molecule has 55 heavy (non-hydrogen) atoms. The van der Waals surface area contributed by atoms with Gasteiger partial charge in [0.05, 0.1) is 16.0 Å². The second kappa shape index (κ2) is 14.7. The van der Waals surface area contributed by atoms with Crippen LogP contribution in [0.2, 0.25) is 0 Å². The summed E-state index contributed by atoms with van der Waals surface area (Å²) >= 11 is 3.00. The summed E-state index contributed by atoms with van der Waals surface area (Å²) in [6.45, 7) is 9.59. The summed E-state index contributed by atoms with van der Waals surface area (Å²) in [5, 5.41) is 5.45. The van der Waals surface area contributed by atoms with E-state index in [1.165, 1.54) is 11.3 Å². The lowest BCUT2D eigenvalue weighted by Crippen LogP contribution is -2.59. The van der Waals surface area contributed by atoms with Gasteiger partial charge in [-0.3, -0.25) is 28.7 Å². The van der Waals surface area contributed by atoms with Crippen molar-refractivity contribution < 1.29 is 37.1 Å². The number of nitrogens with one attached hydrogen (secondary N) is 2. The SMILES string of the molecule is Cc1ccc(-c2nc(C(=O)N3C[C@H]4CN5C(=O)[C@@H](CC(=O)OC(C)(C)C)CCCCC/C=C\[C@@H]6C[C@@]6(C(=O)NS(=O)(=O)C6(C)CC6)NC(=O)[C@@H]5[C@H]4C3)cs2)s1. The molecule has 16 heteroatoms. The number of likely N-dealkylation sites (tertiary alicyclic amines) is 1. The Labute approximate surface area is 330 Å². The molecule has 2 aromatic heterocycles. The highest BCUT2D eigenvalue weighted by atomic mass is 32.2. The van der Waals surface area contributed by atoms with E-state index in [0.717, 1.165) is 27.6 Å². The van der Waals surface area contributed by atoms with Crippen molar-refractivity contribution in [3.63, 3.8) is 0 Å². The molecule has 6 atom stereocenters. The topological polar surface area (TPSA) is 172 Å². The first-order valence-electron chi connectivity index (χ1n) is 19.3. The molecule has 5 heterocycles. The van der Waals surface area contributed by atoms with Crippen LogP contribution >= 0.6 is 22.7 Å². The number of allylic oxidation sites excluding steroid dienone is 1. The van der Waals surface area contributed by atoms with Crippen LogP contribution in [0.3, 0.4) is 0 Å². The zero-order valence-corrected chi connectivity index (χ0v) is 34.5. The number of esters is 1. The number of carbonyl (C=O) groups is 5. The number of ether oxygens (including phenoxy) is 1. The van der Waals surface area contributed by atoms with Crippen molar-refractivity contribution in [2.75, 3.05) is 19.6 Å². The van der Waals surface area contributed by atoms with Gasteiger partial charge in [-0.1, -0.05) is 25.0 Å². The van der Waals surface area contributed by atoms with Gasteiger partial charge < -0.3 is 19.9 Å². The van der Waals surface area contributed by atoms with Crippen molar-refractivity contribution in [1.29, 1.82) is 0 Å². The largest absolute Gasteiger partial charge is 0.460 e. The number of carbonyl (C=O) groups excluding carboxylic acids is 5. The molecular formula is C39H51N5O8S3. The summed E-state index contributed by atoms with van der Waals surface area (Å²) in [7, 11) is -3.99. The van der Waals surface area contributed by atoms with E-state index in [1.54, 1.807) is 54.2 Å². The number of aromatic nitrogens is 1. The highest BCUT2D eigenvalue weighted by Gasteiger charge is 2.64. The molecule has 0 radical (unpaired) electrons. The molecule has 2 aliphatic carbocycles. The van der Waals surface area contributed by atoms with Gasteiger partial charge in [0.1, 0.15) is 27.9 Å². The Morgan fingerprint density at radius 1 is 1.09 bits per heavy atom. The summed E-state index contributed by atoms with van der Waals surface area (Å²) in [5.74, 6) is -4.33. The van der Waals surface area contributed by atoms with E-state index < -0.39 is 67.5 Å². The average molecular weight is 814 g/mol. The zero-order chi connectivity index (χ0) is 39.5. The Balaban J connectivity index is 1.17. The van der Waals surface area contributed by atoms with Crippen LogP contribution < -0.4 is 10.0 Å². The molecule has 2 aromatic rings. The smallest absolute Gasteiger partial charge is 0.307 e. The number of thiazole rings is 1. The van der Waals surface area contributed by atoms with Crippen molar-refractivity contribution in [3.8, 4) is 9.88 Å². The third-order valence-corrected chi connectivity index (χ3v) is 15.9. The van der Waals surface area contributed by atoms with Crippen molar-refractivity contribution in [1.82, 2.24) is 24.8 Å². The van der Waals surface area contributed by atoms with Crippen LogP contribution in [0.1, 0.15) is 101 Å². The minimum absolute atomic E-state index is 0.137. The molecule has 4 amide bonds. The molecule has 4 fully saturated rings. The van der Waals surface area contributed by atoms with E-state index in [9.17, 15) is 32.4 Å². The van der Waals surface area contributed by atoms with Gasteiger partial charge in [-0.15, -0.1) is 22.7 Å². The summed E-state index contributed by atoms with van der Waals surface area (Å²) in [5.41, 5.74) is -1.94. The summed E-state index contributed by atoms with van der Waals surface area (Å²) in [6.07, 6.45) is 8.27. The lowest BCUT2D eigenvalue weighted by Gasteiger charge is -2.33. The number of amides is 4. The number of nitrogens with zero attached hydrogens (tertiary/aromatic N) is 3. The quantitative estimate of drug-likeness (QED) is 0.294. The standard InChI is InChI=1S/C39H51N5O8S3/c1-23-13-14-29(54-23)33-40-28(22-53-33)35(48)43-19-25-20-44-31(27(25)21-43)32(46)41-39(36(49)42-55(50,51)38(5)15-16-38)18-26(39)12-10-8-6-7-9-11-24(34(44)47)17-30(45)52-37(2,3)4/h10,12-14,22,24-27,31H,6-9,11,15-21H2,1-5H3,(H,41,46)(H,42,49)/b12-10-/t24-,25+,26-,27+,31+,39-/m1/s1. The molecule has 0 aromatic carbocycles. The Hall–Kier alpha value is -3.63. The number of thiophene rings is 1. The molecule has 0 spiro atoms. The van der Waals surface area contributed by atoms with E-state index in [1.807, 2.05) is 31.2 Å². The number of rotatable bonds is 7. The minimum atomic E-state index is -3.99. The number of hydrogen-bond acceptors (Lipinski definition) is 11. The van der Waals surface area contributed by atoms with Crippen molar-refractivity contribution >= 4 is 62.3 Å². The van der Waals surface area contributed by atoms with Crippen LogP contribution in [0, 0.1) is 30.6 Å². The Morgan fingerprint density at radius 2 is 1.85 bits per heavy atom. The van der Waals surface area contributed by atoms with Gasteiger partial charge >= 0.3 is 5.97 Å². The van der Waals surface area contributed by atoms with Gasteiger partial charge in [0, 0.05) is 53.6 Å². The van der Waals surface area contributed by atoms with E-state index in [-0.39, 0.29) is 43.7 Å². The van der Waals surface area contributed by atoms with Crippen molar-refractivity contribution in [2.24, 2.45) is 23.7 Å². The molecule has 2 N–H and O–H groups in total. The number of hydrogen-bond donors (Lipinski definition) is 2. The van der Waals surface area contributed by atoms with E-state index in [4.69, 9.17) is 4.74 Å². The van der Waals surface area contributed by atoms with Crippen molar-refractivity contribution in [2.45, 2.75) is 114 Å². The van der Waals surface area contributed by atoms with Crippen molar-refractivity contribution in [3.05, 3.63) is 40.2 Å². The normalized spacial score (nSPS) is 29.9. The predicted octanol–water partition coefficient (Wildman–Crippen LogP) is 4.82. The second-order valence-electron chi connectivity index (χ2n) is 17.2. The van der Waals surface area contributed by atoms with Crippen LogP contribution in [0.15, 0.2) is 29.7 Å². The fourth-order valence-corrected chi connectivity index (χ4v) is 11.3. The summed E-state index contributed by atoms with van der Waals surface area (Å²) in [6, 6.07) is 2.93. The van der Waals surface area contributed by atoms with Gasteiger partial charge in [0.2, 0.25) is 21.8 Å². The highest BCUT2D eigenvalue weighted by molar-refractivity contribution is 7.91. The summed E-state index contributed by atoms with van der Waals surface area (Å²) in [4.78, 5) is 80.2. The van der Waals surface area contributed by atoms with Gasteiger partial charge in [0.25, 0.3) is 11.8 Å². The Morgan fingerprint density at radius 3 is 2.55 bits per heavy atom. The molecule has 3 aliphatic heterocycles. The molecule has 2 saturated carbocycles. The first kappa shape index (κ1) is 39.6. The van der Waals surface area contributed by atoms with Gasteiger partial charge in [-0.25, -0.2) is 13.4 Å². The maximum absolute atomic E-state index is 14.7. The van der Waals surface area contributed by atoms with Crippen LogP contribution in [0.5, 0.6) is 0 Å². The molecule has 0 unspecified atom stereocenters. The molecule has 5 aliphatic rings. The molecule has 0 bridgehead atoms. The molecule has 13 nitrogen and oxygen atoms in total. The van der Waals surface area contributed by atoms with Crippen LogP contribution in [0.4, 0.5) is 0 Å². The van der Waals surface area contributed by atoms with E-state index in [0.29, 0.717) is 44.3 Å². The third-order valence-electron chi connectivity index (χ3n) is 11.7. The molecule has 298 valence electrons. The number of aryl methyl sites for hydroxylation is 1. The Bertz CT molecular complexity index is 2010. The van der Waals surface area contributed by atoms with E-state index in [2.05, 4.69) is 15.0 Å². The lowest BCUT2D eigenvalue weighted by molar-refractivity contribution is -0.159. The maximum atomic E-state index is 14.7. The highest BCUT2D eigenvalue weighted by Crippen LogP contribution is 2.48. The minimum Gasteiger partial charge on any atom is -0.460 e. The lowest BCUT2D eigenvalue weighted by atomic mass is 9.92. The first-order chi connectivity index (χ1) is 25.9. The fraction of sp³-hybridized carbons (Fsp3) is 0.641. The monoisotopic (exact) mass is 813 g/mol. The maximum Gasteiger partial charge on any atom is 0.307 e. The molecule has 2 saturated heterocycles. The van der Waals surface area contributed by atoms with Gasteiger partial charge in [0.15, 0.2) is 0 Å². The third kappa shape index (κ3) is 8.13. The zero-order valence-electron chi connectivity index (χ0n) is 32.1. The second-order valence-corrected chi connectivity index (χ2v) is 21.6. The number of sulfonamides is 1. The first-order valence-corrected chi connectivity index (χ1v) is 22.5. The molecule has 7 rings (SSSR count). The van der Waals surface area contributed by atoms with Crippen LogP contribution in [-0.2, 0) is 33.9 Å². The van der Waals surface area contributed by atoms with Gasteiger partial charge in [-0.05, 0) is 85.3 Å². The fourth-order valence-electron chi connectivity index (χ4n) is 8.25. The summed E-state index contributed by atoms with van der Waals surface area (Å²) < 4.78 is 33.3. The van der Waals surface area contributed by atoms with Crippen LogP contribution in [0.25, 0.3) is 9.88 Å². The number of fused-ring (bicyclic) bond motifs is 4. The Kier molecular flexibility index (Phi) is 10.6. The predicted molar refractivity (Wildman–Crippen MR) is 208 cm³/mol. The van der Waals surface area contributed by atoms with Crippen LogP contribution in [-0.4, -0.2) is 94.4 Å². The average Bonchev–Trinajstić information content (AvgIpc) is 3.63. The van der Waals surface area contributed by atoms with Gasteiger partial charge in [-0.2, -0.15) is 0 Å². The molecular weight excluding hydrogens is 763 g/mol. The van der Waals surface area contributed by atoms with E-state index >= 15 is 0 Å².